The van der Waals surface area contributed by atoms with E-state index in [4.69, 9.17) is 4.42 Å². The molecule has 7 heteroatoms. The highest BCUT2D eigenvalue weighted by molar-refractivity contribution is 7.84. The Hall–Kier alpha value is -1.99. The number of carbonyl (C=O) groups excluding carboxylic acids is 1. The van der Waals surface area contributed by atoms with Crippen molar-refractivity contribution in [2.75, 3.05) is 26.2 Å². The molecule has 0 spiro atoms. The van der Waals surface area contributed by atoms with E-state index in [1.54, 1.807) is 12.1 Å². The number of nitrogens with one attached hydrogen (secondary N) is 1. The Kier molecular flexibility index (Phi) is 10.8. The molecular weight excluding hydrogens is 403 g/mol. The normalized spacial score (nSPS) is 12.3. The minimum Gasteiger partial charge on any atom is -0.455 e. The first-order valence-electron chi connectivity index (χ1n) is 10.8. The number of furan rings is 1. The summed E-state index contributed by atoms with van der Waals surface area (Å²) in [6.07, 6.45) is 5.66. The standard InChI is InChI=1S/C23H33FN2O3S/c1-3-5-15-26(16-6-4-2)17-7-14-25-23(27)22-13-10-20(29-22)18-30(28)21-11-8-19(24)9-12-21/h8-13H,3-7,14-18H2,1-2H3,(H,25,27)/t30-/m1/s1. The van der Waals surface area contributed by atoms with E-state index < -0.39 is 10.8 Å². The molecule has 0 aliphatic heterocycles. The maximum atomic E-state index is 13.0. The van der Waals surface area contributed by atoms with Crippen LogP contribution in [0.5, 0.6) is 0 Å². The van der Waals surface area contributed by atoms with Gasteiger partial charge in [-0.15, -0.1) is 0 Å². The maximum absolute atomic E-state index is 13.0. The van der Waals surface area contributed by atoms with Gasteiger partial charge in [0.05, 0.1) is 16.6 Å². The number of unbranched alkanes of at least 4 members (excludes halogenated alkanes) is 2. The second-order valence-corrected chi connectivity index (χ2v) is 8.82. The van der Waals surface area contributed by atoms with Crippen LogP contribution in [0.2, 0.25) is 0 Å². The number of carbonyl (C=O) groups is 1. The van der Waals surface area contributed by atoms with Gasteiger partial charge in [0, 0.05) is 11.4 Å². The molecule has 0 fully saturated rings. The fraction of sp³-hybridized carbons (Fsp3) is 0.522. The molecule has 2 aromatic rings. The summed E-state index contributed by atoms with van der Waals surface area (Å²) in [6.45, 7) is 8.18. The van der Waals surface area contributed by atoms with Gasteiger partial charge in [0.25, 0.3) is 5.91 Å². The van der Waals surface area contributed by atoms with Gasteiger partial charge in [-0.1, -0.05) is 26.7 Å². The lowest BCUT2D eigenvalue weighted by atomic mass is 10.2. The number of halogens is 1. The Morgan fingerprint density at radius 1 is 1.00 bits per heavy atom. The van der Waals surface area contributed by atoms with E-state index in [9.17, 15) is 13.4 Å². The number of hydrogen-bond acceptors (Lipinski definition) is 4. The second-order valence-electron chi connectivity index (χ2n) is 7.37. The molecule has 0 aliphatic rings. The van der Waals surface area contributed by atoms with Gasteiger partial charge in [0.2, 0.25) is 0 Å². The third-order valence-corrected chi connectivity index (χ3v) is 6.17. The van der Waals surface area contributed by atoms with E-state index in [1.165, 1.54) is 49.9 Å². The van der Waals surface area contributed by atoms with Crippen molar-refractivity contribution in [1.82, 2.24) is 10.2 Å². The summed E-state index contributed by atoms with van der Waals surface area (Å²) >= 11 is 0. The van der Waals surface area contributed by atoms with Crippen LogP contribution in [0.25, 0.3) is 0 Å². The Morgan fingerprint density at radius 2 is 1.63 bits per heavy atom. The minimum atomic E-state index is -1.36. The van der Waals surface area contributed by atoms with Gasteiger partial charge in [-0.2, -0.15) is 0 Å². The monoisotopic (exact) mass is 436 g/mol. The highest BCUT2D eigenvalue weighted by Crippen LogP contribution is 2.15. The molecule has 1 N–H and O–H groups in total. The van der Waals surface area contributed by atoms with Gasteiger partial charge in [-0.3, -0.25) is 9.00 Å². The molecule has 1 aromatic carbocycles. The van der Waals surface area contributed by atoms with Crippen LogP contribution in [0, 0.1) is 5.82 Å². The van der Waals surface area contributed by atoms with Crippen molar-refractivity contribution in [3.8, 4) is 0 Å². The number of hydrogen-bond donors (Lipinski definition) is 1. The predicted octanol–water partition coefficient (Wildman–Crippen LogP) is 4.75. The molecule has 1 heterocycles. The largest absolute Gasteiger partial charge is 0.455 e. The second kappa shape index (κ2) is 13.3. The zero-order valence-corrected chi connectivity index (χ0v) is 18.8. The van der Waals surface area contributed by atoms with Gasteiger partial charge >= 0.3 is 0 Å². The zero-order chi connectivity index (χ0) is 21.8. The summed E-state index contributed by atoms with van der Waals surface area (Å²) in [5, 5.41) is 2.89. The molecule has 1 aromatic heterocycles. The Balaban J connectivity index is 1.76. The zero-order valence-electron chi connectivity index (χ0n) is 18.0. The van der Waals surface area contributed by atoms with Crippen LogP contribution >= 0.6 is 0 Å². The SMILES string of the molecule is CCCCN(CCCC)CCCNC(=O)c1ccc(C[S@@](=O)c2ccc(F)cc2)o1. The molecule has 0 unspecified atom stereocenters. The third-order valence-electron chi connectivity index (χ3n) is 4.83. The van der Waals surface area contributed by atoms with Crippen molar-refractivity contribution in [2.45, 2.75) is 56.6 Å². The molecule has 0 saturated heterocycles. The molecule has 0 aliphatic carbocycles. The highest BCUT2D eigenvalue weighted by Gasteiger charge is 2.14. The van der Waals surface area contributed by atoms with Crippen molar-refractivity contribution in [2.24, 2.45) is 0 Å². The molecule has 1 atom stereocenters. The van der Waals surface area contributed by atoms with Crippen molar-refractivity contribution in [3.05, 3.63) is 53.7 Å². The van der Waals surface area contributed by atoms with Crippen molar-refractivity contribution in [1.29, 1.82) is 0 Å². The summed E-state index contributed by atoms with van der Waals surface area (Å²) in [4.78, 5) is 15.3. The van der Waals surface area contributed by atoms with Crippen LogP contribution < -0.4 is 5.32 Å². The average Bonchev–Trinajstić information content (AvgIpc) is 3.21. The highest BCUT2D eigenvalue weighted by atomic mass is 32.2. The van der Waals surface area contributed by atoms with Crippen LogP contribution in [0.4, 0.5) is 4.39 Å². The fourth-order valence-electron chi connectivity index (χ4n) is 3.07. The molecule has 0 radical (unpaired) electrons. The Labute approximate surface area is 181 Å². The lowest BCUT2D eigenvalue weighted by Crippen LogP contribution is -2.31. The van der Waals surface area contributed by atoms with E-state index >= 15 is 0 Å². The summed E-state index contributed by atoms with van der Waals surface area (Å²) in [5.41, 5.74) is 0. The summed E-state index contributed by atoms with van der Waals surface area (Å²) in [7, 11) is -1.36. The van der Waals surface area contributed by atoms with Crippen LogP contribution in [0.3, 0.4) is 0 Å². The number of benzene rings is 1. The first-order chi connectivity index (χ1) is 14.5. The van der Waals surface area contributed by atoms with Crippen LogP contribution in [-0.2, 0) is 16.6 Å². The van der Waals surface area contributed by atoms with Crippen molar-refractivity contribution in [3.63, 3.8) is 0 Å². The van der Waals surface area contributed by atoms with E-state index in [-0.39, 0.29) is 23.2 Å². The van der Waals surface area contributed by atoms with E-state index in [0.717, 1.165) is 26.1 Å². The van der Waals surface area contributed by atoms with Gasteiger partial charge < -0.3 is 14.6 Å². The lowest BCUT2D eigenvalue weighted by Gasteiger charge is -2.21. The summed E-state index contributed by atoms with van der Waals surface area (Å²) < 4.78 is 30.9. The van der Waals surface area contributed by atoms with E-state index in [1.807, 2.05) is 0 Å². The Bertz CT molecular complexity index is 784. The lowest BCUT2D eigenvalue weighted by molar-refractivity contribution is 0.0922. The summed E-state index contributed by atoms with van der Waals surface area (Å²) in [6, 6.07) is 8.80. The predicted molar refractivity (Wildman–Crippen MR) is 118 cm³/mol. The topological polar surface area (TPSA) is 62.6 Å². The third kappa shape index (κ3) is 8.40. The molecular formula is C23H33FN2O3S. The quantitative estimate of drug-likeness (QED) is 0.434. The van der Waals surface area contributed by atoms with Gasteiger partial charge in [0.15, 0.2) is 5.76 Å². The van der Waals surface area contributed by atoms with Crippen LogP contribution in [0.1, 0.15) is 62.3 Å². The number of rotatable bonds is 14. The molecule has 2 rings (SSSR count). The van der Waals surface area contributed by atoms with E-state index in [0.29, 0.717) is 17.2 Å². The molecule has 166 valence electrons. The minimum absolute atomic E-state index is 0.142. The van der Waals surface area contributed by atoms with Crippen LogP contribution in [-0.4, -0.2) is 41.2 Å². The van der Waals surface area contributed by atoms with Gasteiger partial charge in [0.1, 0.15) is 11.6 Å². The van der Waals surface area contributed by atoms with Crippen molar-refractivity contribution < 1.29 is 17.8 Å². The smallest absolute Gasteiger partial charge is 0.286 e. The number of amides is 1. The number of nitrogens with zero attached hydrogens (tertiary/aromatic N) is 1. The molecule has 0 saturated carbocycles. The maximum Gasteiger partial charge on any atom is 0.286 e. The molecule has 5 nitrogen and oxygen atoms in total. The molecule has 0 bridgehead atoms. The fourth-order valence-corrected chi connectivity index (χ4v) is 4.09. The molecule has 30 heavy (non-hydrogen) atoms. The average molecular weight is 437 g/mol. The molecule has 1 amide bonds. The summed E-state index contributed by atoms with van der Waals surface area (Å²) in [5.74, 6) is 0.194. The van der Waals surface area contributed by atoms with Gasteiger partial charge in [-0.25, -0.2) is 4.39 Å². The van der Waals surface area contributed by atoms with Crippen LogP contribution in [0.15, 0.2) is 45.7 Å². The van der Waals surface area contributed by atoms with Crippen molar-refractivity contribution >= 4 is 16.7 Å². The van der Waals surface area contributed by atoms with Gasteiger partial charge in [-0.05, 0) is 75.3 Å². The first kappa shape index (κ1) is 24.3. The van der Waals surface area contributed by atoms with E-state index in [2.05, 4.69) is 24.1 Å². The first-order valence-corrected chi connectivity index (χ1v) is 12.1. The Morgan fingerprint density at radius 3 is 2.27 bits per heavy atom.